The Labute approximate surface area is 197 Å². The third kappa shape index (κ3) is 4.69. The van der Waals surface area contributed by atoms with E-state index in [1.807, 2.05) is 0 Å². The summed E-state index contributed by atoms with van der Waals surface area (Å²) in [4.78, 5) is 17.1. The molecule has 1 fully saturated rings. The molecule has 0 bridgehead atoms. The van der Waals surface area contributed by atoms with Gasteiger partial charge in [-0.15, -0.1) is 0 Å². The highest BCUT2D eigenvalue weighted by atomic mass is 19.4. The Balaban J connectivity index is 2.06. The molecule has 1 aromatic carbocycles. The molecule has 1 aromatic heterocycles. The number of hydrogen-bond acceptors (Lipinski definition) is 6. The summed E-state index contributed by atoms with van der Waals surface area (Å²) in [6.07, 6.45) is -5.44. The second kappa shape index (κ2) is 9.32. The van der Waals surface area contributed by atoms with Crippen LogP contribution in [0.5, 0.6) is 5.75 Å². The topological polar surface area (TPSA) is 101 Å². The quantitative estimate of drug-likeness (QED) is 0.520. The molecule has 1 amide bonds. The second-order valence-corrected chi connectivity index (χ2v) is 8.79. The number of rotatable bonds is 6. The maximum absolute atomic E-state index is 14.4. The van der Waals surface area contributed by atoms with Gasteiger partial charge in [-0.2, -0.15) is 17.6 Å². The van der Waals surface area contributed by atoms with E-state index in [0.717, 1.165) is 26.2 Å². The molecule has 0 saturated carbocycles. The highest BCUT2D eigenvalue weighted by molar-refractivity contribution is 5.95. The van der Waals surface area contributed by atoms with Gasteiger partial charge >= 0.3 is 6.18 Å². The van der Waals surface area contributed by atoms with Crippen molar-refractivity contribution in [2.24, 2.45) is 5.92 Å². The number of halogens is 5. The van der Waals surface area contributed by atoms with Crippen molar-refractivity contribution < 1.29 is 46.4 Å². The van der Waals surface area contributed by atoms with E-state index in [9.17, 15) is 37.0 Å². The number of aliphatic hydroxyl groups excluding tert-OH is 1. The van der Waals surface area contributed by atoms with Gasteiger partial charge in [0.05, 0.1) is 19.4 Å². The van der Waals surface area contributed by atoms with Crippen LogP contribution in [0.25, 0.3) is 0 Å². The van der Waals surface area contributed by atoms with Gasteiger partial charge in [-0.3, -0.25) is 9.78 Å². The Hall–Kier alpha value is -2.83. The minimum Gasteiger partial charge on any atom is -0.493 e. The summed E-state index contributed by atoms with van der Waals surface area (Å²) in [6, 6.07) is 4.36. The van der Waals surface area contributed by atoms with Crippen molar-refractivity contribution in [3.8, 4) is 5.75 Å². The van der Waals surface area contributed by atoms with Gasteiger partial charge in [-0.05, 0) is 32.0 Å². The highest BCUT2D eigenvalue weighted by Gasteiger charge is 2.65. The van der Waals surface area contributed by atoms with Crippen LogP contribution in [-0.2, 0) is 15.1 Å². The molecule has 12 heteroatoms. The zero-order chi connectivity index (χ0) is 26.3. The highest BCUT2D eigenvalue weighted by Crippen LogP contribution is 2.55. The van der Waals surface area contributed by atoms with Crippen LogP contribution in [0.15, 0.2) is 30.5 Å². The molecule has 1 unspecified atom stereocenters. The van der Waals surface area contributed by atoms with Gasteiger partial charge in [0.15, 0.2) is 17.2 Å². The normalized spacial score (nSPS) is 26.3. The molecular formula is C23H25F5N2O5. The summed E-state index contributed by atoms with van der Waals surface area (Å²) in [5.41, 5.74) is -4.64. The van der Waals surface area contributed by atoms with Crippen molar-refractivity contribution >= 4 is 11.6 Å². The molecule has 3 rings (SSSR count). The lowest BCUT2D eigenvalue weighted by atomic mass is 9.77. The van der Waals surface area contributed by atoms with Crippen molar-refractivity contribution in [2.45, 2.75) is 50.2 Å². The smallest absolute Gasteiger partial charge is 0.417 e. The summed E-state index contributed by atoms with van der Waals surface area (Å²) < 4.78 is 80.5. The van der Waals surface area contributed by atoms with Crippen molar-refractivity contribution in [1.29, 1.82) is 0 Å². The number of pyridine rings is 1. The Morgan fingerprint density at radius 1 is 1.29 bits per heavy atom. The SMILES string of the molecule is COc1c([C@H]2[C@H](C(=O)Nc3ccnc(C(C)(O)CO)c3)O[C@@](C)(C(F)(F)F)[C@H]2C)ccc(F)c1F. The number of aromatic nitrogens is 1. The number of carbonyl (C=O) groups excluding carboxylic acids is 1. The van der Waals surface area contributed by atoms with Gasteiger partial charge in [0.1, 0.15) is 11.7 Å². The fourth-order valence-electron chi connectivity index (χ4n) is 4.14. The van der Waals surface area contributed by atoms with Crippen LogP contribution in [-0.4, -0.2) is 52.7 Å². The van der Waals surface area contributed by atoms with Crippen LogP contribution in [0.4, 0.5) is 27.6 Å². The van der Waals surface area contributed by atoms with Crippen LogP contribution in [0, 0.1) is 17.6 Å². The molecular weight excluding hydrogens is 479 g/mol. The molecule has 5 atom stereocenters. The van der Waals surface area contributed by atoms with E-state index in [4.69, 9.17) is 9.47 Å². The summed E-state index contributed by atoms with van der Waals surface area (Å²) >= 11 is 0. The average Bonchev–Trinajstić information content (AvgIpc) is 3.07. The van der Waals surface area contributed by atoms with Crippen LogP contribution < -0.4 is 10.1 Å². The standard InChI is InChI=1S/C23H25F5N2O5/c1-11-16(13-5-6-14(24)17(25)18(13)34-4)19(35-22(11,3)23(26,27)28)20(32)30-12-7-8-29-15(9-12)21(2,33)10-31/h5-9,11,16,19,31,33H,10H2,1-4H3,(H,29,30,32)/t11-,16-,19+,21?,22+/m0/s1. The lowest BCUT2D eigenvalue weighted by Gasteiger charge is -2.32. The van der Waals surface area contributed by atoms with Crippen molar-refractivity contribution in [2.75, 3.05) is 19.0 Å². The number of nitrogens with one attached hydrogen (secondary N) is 1. The van der Waals surface area contributed by atoms with Gasteiger partial charge in [0.25, 0.3) is 5.91 Å². The van der Waals surface area contributed by atoms with E-state index in [0.29, 0.717) is 0 Å². The Kier molecular flexibility index (Phi) is 7.13. The Bertz CT molecular complexity index is 1110. The van der Waals surface area contributed by atoms with E-state index < -0.39 is 65.2 Å². The van der Waals surface area contributed by atoms with Crippen LogP contribution in [0.2, 0.25) is 0 Å². The molecule has 2 aromatic rings. The fraction of sp³-hybridized carbons (Fsp3) is 0.478. The second-order valence-electron chi connectivity index (χ2n) is 8.79. The summed E-state index contributed by atoms with van der Waals surface area (Å²) in [5, 5.41) is 22.0. The lowest BCUT2D eigenvalue weighted by molar-refractivity contribution is -0.272. The number of ether oxygens (including phenoxy) is 2. The van der Waals surface area contributed by atoms with E-state index >= 15 is 0 Å². The molecule has 1 aliphatic rings. The van der Waals surface area contributed by atoms with Crippen molar-refractivity contribution in [1.82, 2.24) is 4.98 Å². The zero-order valence-corrected chi connectivity index (χ0v) is 19.3. The predicted octanol–water partition coefficient (Wildman–Crippen LogP) is 3.65. The number of hydrogen-bond donors (Lipinski definition) is 3. The average molecular weight is 504 g/mol. The first-order valence-electron chi connectivity index (χ1n) is 10.5. The van der Waals surface area contributed by atoms with Crippen LogP contribution in [0.3, 0.4) is 0 Å². The molecule has 7 nitrogen and oxygen atoms in total. The third-order valence-corrected chi connectivity index (χ3v) is 6.46. The molecule has 0 spiro atoms. The minimum atomic E-state index is -4.89. The van der Waals surface area contributed by atoms with E-state index in [-0.39, 0.29) is 16.9 Å². The zero-order valence-electron chi connectivity index (χ0n) is 19.3. The number of alkyl halides is 3. The minimum absolute atomic E-state index is 0.00235. The van der Waals surface area contributed by atoms with Gasteiger partial charge in [-0.25, -0.2) is 4.39 Å². The van der Waals surface area contributed by atoms with E-state index in [1.165, 1.54) is 32.2 Å². The maximum Gasteiger partial charge on any atom is 0.417 e. The van der Waals surface area contributed by atoms with Crippen LogP contribution >= 0.6 is 0 Å². The Morgan fingerprint density at radius 2 is 1.94 bits per heavy atom. The number of aliphatic hydroxyl groups is 2. The molecule has 2 heterocycles. The molecule has 1 aliphatic heterocycles. The van der Waals surface area contributed by atoms with Gasteiger partial charge < -0.3 is 25.0 Å². The summed E-state index contributed by atoms with van der Waals surface area (Å²) in [7, 11) is 1.03. The van der Waals surface area contributed by atoms with Crippen molar-refractivity contribution in [3.63, 3.8) is 0 Å². The third-order valence-electron chi connectivity index (χ3n) is 6.46. The number of amides is 1. The van der Waals surface area contributed by atoms with E-state index in [2.05, 4.69) is 10.3 Å². The fourth-order valence-corrected chi connectivity index (χ4v) is 4.14. The first kappa shape index (κ1) is 26.8. The lowest BCUT2D eigenvalue weighted by Crippen LogP contribution is -2.47. The first-order chi connectivity index (χ1) is 16.2. The number of benzene rings is 1. The number of methoxy groups -OCH3 is 1. The molecule has 0 radical (unpaired) electrons. The number of nitrogens with zero attached hydrogens (tertiary/aromatic N) is 1. The number of carbonyl (C=O) groups is 1. The summed E-state index contributed by atoms with van der Waals surface area (Å²) in [5.74, 6) is -7.06. The van der Waals surface area contributed by atoms with Gasteiger partial charge in [0.2, 0.25) is 5.82 Å². The van der Waals surface area contributed by atoms with Crippen molar-refractivity contribution in [3.05, 3.63) is 53.4 Å². The molecule has 192 valence electrons. The number of anilines is 1. The predicted molar refractivity (Wildman–Crippen MR) is 114 cm³/mol. The van der Waals surface area contributed by atoms with E-state index in [1.54, 1.807) is 0 Å². The monoisotopic (exact) mass is 504 g/mol. The maximum atomic E-state index is 14.4. The Morgan fingerprint density at radius 3 is 2.51 bits per heavy atom. The van der Waals surface area contributed by atoms with Crippen LogP contribution in [0.1, 0.15) is 37.9 Å². The first-order valence-corrected chi connectivity index (χ1v) is 10.5. The summed E-state index contributed by atoms with van der Waals surface area (Å²) in [6.45, 7) is 2.59. The molecule has 3 N–H and O–H groups in total. The molecule has 35 heavy (non-hydrogen) atoms. The largest absolute Gasteiger partial charge is 0.493 e. The van der Waals surface area contributed by atoms with Gasteiger partial charge in [-0.1, -0.05) is 13.0 Å². The van der Waals surface area contributed by atoms with Gasteiger partial charge in [0, 0.05) is 29.3 Å². The molecule has 1 saturated heterocycles. The molecule has 0 aliphatic carbocycles.